The van der Waals surface area contributed by atoms with Crippen molar-refractivity contribution in [3.63, 3.8) is 0 Å². The quantitative estimate of drug-likeness (QED) is 0.615. The highest BCUT2D eigenvalue weighted by molar-refractivity contribution is 6.46. The van der Waals surface area contributed by atoms with E-state index in [9.17, 15) is 14.0 Å². The molecule has 0 fully saturated rings. The minimum atomic E-state index is -0.541. The molecule has 0 saturated heterocycles. The molecule has 3 aromatic rings. The van der Waals surface area contributed by atoms with Crippen LogP contribution < -0.4 is 24.4 Å². The van der Waals surface area contributed by atoms with Crippen LogP contribution in [0, 0.1) is 5.82 Å². The summed E-state index contributed by atoms with van der Waals surface area (Å²) in [7, 11) is 1.50. The number of methoxy groups -OCH3 is 1. The first kappa shape index (κ1) is 19.6. The Labute approximate surface area is 182 Å². The Morgan fingerprint density at radius 1 is 0.938 bits per heavy atom. The Bertz CT molecular complexity index is 1270. The molecule has 3 aromatic carbocycles. The first-order chi connectivity index (χ1) is 15.5. The van der Waals surface area contributed by atoms with Gasteiger partial charge in [-0.2, -0.15) is 0 Å². The predicted octanol–water partition coefficient (Wildman–Crippen LogP) is 3.96. The van der Waals surface area contributed by atoms with Gasteiger partial charge in [0.05, 0.1) is 18.4 Å². The van der Waals surface area contributed by atoms with Crippen LogP contribution in [-0.4, -0.2) is 25.7 Å². The Hall–Kier alpha value is -4.33. The van der Waals surface area contributed by atoms with Crippen LogP contribution in [0.4, 0.5) is 15.8 Å². The summed E-state index contributed by atoms with van der Waals surface area (Å²) in [5.74, 6) is 0.110. The molecular weight excluding hydrogens is 415 g/mol. The largest absolute Gasteiger partial charge is 0.497 e. The summed E-state index contributed by atoms with van der Waals surface area (Å²) in [4.78, 5) is 27.9. The molecule has 0 unspecified atom stereocenters. The third-order valence-corrected chi connectivity index (χ3v) is 5.17. The van der Waals surface area contributed by atoms with Gasteiger partial charge in [0.2, 0.25) is 6.79 Å². The number of hydrogen-bond acceptors (Lipinski definition) is 6. The van der Waals surface area contributed by atoms with Crippen molar-refractivity contribution in [1.29, 1.82) is 0 Å². The van der Waals surface area contributed by atoms with Gasteiger partial charge in [0.25, 0.3) is 11.8 Å². The van der Waals surface area contributed by atoms with Crippen LogP contribution in [-0.2, 0) is 9.59 Å². The van der Waals surface area contributed by atoms with E-state index < -0.39 is 17.6 Å². The lowest BCUT2D eigenvalue weighted by atomic mass is 10.0. The second kappa shape index (κ2) is 7.73. The van der Waals surface area contributed by atoms with Crippen LogP contribution in [0.15, 0.2) is 72.4 Å². The highest BCUT2D eigenvalue weighted by Crippen LogP contribution is 2.38. The number of carbonyl (C=O) groups excluding carboxylic acids is 2. The van der Waals surface area contributed by atoms with Gasteiger partial charge in [-0.15, -0.1) is 0 Å². The molecule has 0 bridgehead atoms. The molecule has 1 N–H and O–H groups in total. The Morgan fingerprint density at radius 3 is 2.50 bits per heavy atom. The van der Waals surface area contributed by atoms with Gasteiger partial charge in [-0.05, 0) is 42.0 Å². The summed E-state index contributed by atoms with van der Waals surface area (Å²) in [6.45, 7) is 0.114. The molecule has 2 aliphatic heterocycles. The lowest BCUT2D eigenvalue weighted by Crippen LogP contribution is -2.32. The molecule has 5 rings (SSSR count). The van der Waals surface area contributed by atoms with E-state index in [1.807, 2.05) is 0 Å². The number of rotatable bonds is 5. The zero-order valence-electron chi connectivity index (χ0n) is 16.9. The summed E-state index contributed by atoms with van der Waals surface area (Å²) in [5, 5.41) is 3.05. The first-order valence-electron chi connectivity index (χ1n) is 9.75. The molecule has 7 nitrogen and oxygen atoms in total. The van der Waals surface area contributed by atoms with Crippen LogP contribution in [0.25, 0.3) is 5.57 Å². The van der Waals surface area contributed by atoms with Gasteiger partial charge < -0.3 is 19.5 Å². The van der Waals surface area contributed by atoms with Crippen molar-refractivity contribution in [2.75, 3.05) is 24.1 Å². The molecule has 32 heavy (non-hydrogen) atoms. The van der Waals surface area contributed by atoms with E-state index in [1.54, 1.807) is 42.5 Å². The molecule has 2 heterocycles. The summed E-state index contributed by atoms with van der Waals surface area (Å²) in [5.41, 5.74) is 1.52. The number of ether oxygens (including phenoxy) is 3. The number of fused-ring (bicyclic) bond motifs is 1. The van der Waals surface area contributed by atoms with E-state index in [0.717, 1.165) is 4.90 Å². The maximum absolute atomic E-state index is 13.5. The molecule has 0 atom stereocenters. The van der Waals surface area contributed by atoms with Gasteiger partial charge in [0, 0.05) is 17.8 Å². The van der Waals surface area contributed by atoms with Crippen LogP contribution in [0.1, 0.15) is 5.56 Å². The van der Waals surface area contributed by atoms with Gasteiger partial charge in [-0.3, -0.25) is 9.59 Å². The Balaban J connectivity index is 1.59. The molecular formula is C24H17FN2O5. The van der Waals surface area contributed by atoms with Crippen LogP contribution in [0.2, 0.25) is 0 Å². The van der Waals surface area contributed by atoms with E-state index in [4.69, 9.17) is 14.2 Å². The molecule has 8 heteroatoms. The Morgan fingerprint density at radius 2 is 1.72 bits per heavy atom. The molecule has 0 radical (unpaired) electrons. The predicted molar refractivity (Wildman–Crippen MR) is 115 cm³/mol. The number of imide groups is 1. The van der Waals surface area contributed by atoms with E-state index in [-0.39, 0.29) is 18.1 Å². The van der Waals surface area contributed by atoms with Gasteiger partial charge in [-0.1, -0.05) is 18.2 Å². The SMILES string of the molecule is COc1cccc(N2C(=O)C(Nc3ccc4c(c3)OCO4)=C(c3ccc(F)cc3)C2=O)c1. The highest BCUT2D eigenvalue weighted by Gasteiger charge is 2.40. The van der Waals surface area contributed by atoms with Crippen molar-refractivity contribution in [3.8, 4) is 17.2 Å². The number of nitrogens with one attached hydrogen (secondary N) is 1. The third kappa shape index (κ3) is 3.31. The fraction of sp³-hybridized carbons (Fsp3) is 0.0833. The molecule has 0 aliphatic carbocycles. The van der Waals surface area contributed by atoms with Gasteiger partial charge in [-0.25, -0.2) is 9.29 Å². The van der Waals surface area contributed by atoms with Crippen molar-refractivity contribution in [1.82, 2.24) is 0 Å². The van der Waals surface area contributed by atoms with Crippen molar-refractivity contribution in [3.05, 3.63) is 83.8 Å². The van der Waals surface area contributed by atoms with Gasteiger partial charge in [0.1, 0.15) is 17.3 Å². The van der Waals surface area contributed by atoms with E-state index >= 15 is 0 Å². The minimum Gasteiger partial charge on any atom is -0.497 e. The van der Waals surface area contributed by atoms with Gasteiger partial charge >= 0.3 is 0 Å². The third-order valence-electron chi connectivity index (χ3n) is 5.17. The minimum absolute atomic E-state index is 0.0725. The topological polar surface area (TPSA) is 77.1 Å². The van der Waals surface area contributed by atoms with Crippen molar-refractivity contribution in [2.24, 2.45) is 0 Å². The second-order valence-corrected chi connectivity index (χ2v) is 7.10. The average Bonchev–Trinajstić information content (AvgIpc) is 3.36. The number of carbonyl (C=O) groups is 2. The number of amides is 2. The smallest absolute Gasteiger partial charge is 0.282 e. The molecule has 0 spiro atoms. The molecule has 2 aliphatic rings. The standard InChI is InChI=1S/C24H17FN2O5/c1-30-18-4-2-3-17(12-18)27-23(28)21(14-5-7-15(25)8-6-14)22(24(27)29)26-16-9-10-19-20(11-16)32-13-31-19/h2-12,26H,13H2,1H3. The summed E-state index contributed by atoms with van der Waals surface area (Å²) in [6.07, 6.45) is 0. The van der Waals surface area contributed by atoms with Gasteiger partial charge in [0.15, 0.2) is 11.5 Å². The summed E-state index contributed by atoms with van der Waals surface area (Å²) in [6, 6.07) is 17.2. The van der Waals surface area contributed by atoms with Crippen LogP contribution >= 0.6 is 0 Å². The molecule has 0 aromatic heterocycles. The zero-order chi connectivity index (χ0) is 22.2. The second-order valence-electron chi connectivity index (χ2n) is 7.10. The lowest BCUT2D eigenvalue weighted by molar-refractivity contribution is -0.120. The van der Waals surface area contributed by atoms with Crippen LogP contribution in [0.5, 0.6) is 17.2 Å². The van der Waals surface area contributed by atoms with Crippen LogP contribution in [0.3, 0.4) is 0 Å². The van der Waals surface area contributed by atoms with E-state index in [0.29, 0.717) is 34.2 Å². The maximum atomic E-state index is 13.5. The van der Waals surface area contributed by atoms with E-state index in [2.05, 4.69) is 5.32 Å². The number of nitrogens with zero attached hydrogens (tertiary/aromatic N) is 1. The maximum Gasteiger partial charge on any atom is 0.282 e. The number of hydrogen-bond donors (Lipinski definition) is 1. The zero-order valence-corrected chi connectivity index (χ0v) is 16.9. The molecule has 0 saturated carbocycles. The monoisotopic (exact) mass is 432 g/mol. The summed E-state index contributed by atoms with van der Waals surface area (Å²) >= 11 is 0. The van der Waals surface area contributed by atoms with Crippen molar-refractivity contribution < 1.29 is 28.2 Å². The average molecular weight is 432 g/mol. The van der Waals surface area contributed by atoms with Crippen molar-refractivity contribution in [2.45, 2.75) is 0 Å². The van der Waals surface area contributed by atoms with Crippen molar-refractivity contribution >= 4 is 28.8 Å². The summed E-state index contributed by atoms with van der Waals surface area (Å²) < 4.78 is 29.5. The molecule has 160 valence electrons. The highest BCUT2D eigenvalue weighted by atomic mass is 19.1. The normalized spacial score (nSPS) is 14.9. The molecule has 2 amide bonds. The number of anilines is 2. The number of halogens is 1. The Kier molecular flexibility index (Phi) is 4.74. The first-order valence-corrected chi connectivity index (χ1v) is 9.75. The number of benzene rings is 3. The fourth-order valence-corrected chi connectivity index (χ4v) is 3.63. The van der Waals surface area contributed by atoms with E-state index in [1.165, 1.54) is 31.4 Å². The fourth-order valence-electron chi connectivity index (χ4n) is 3.63. The lowest BCUT2D eigenvalue weighted by Gasteiger charge is -2.16.